The third-order valence-electron chi connectivity index (χ3n) is 3.20. The first-order valence-electron chi connectivity index (χ1n) is 6.63. The van der Waals surface area contributed by atoms with E-state index in [4.69, 9.17) is 0 Å². The van der Waals surface area contributed by atoms with E-state index in [1.165, 1.54) is 7.05 Å². The molecule has 1 aromatic carbocycles. The Morgan fingerprint density at radius 1 is 1.24 bits per heavy atom. The summed E-state index contributed by atoms with van der Waals surface area (Å²) in [5, 5.41) is 9.22. The quantitative estimate of drug-likeness (QED) is 0.697. The van der Waals surface area contributed by atoms with Gasteiger partial charge in [0, 0.05) is 12.7 Å². The van der Waals surface area contributed by atoms with Gasteiger partial charge in [-0.1, -0.05) is 5.21 Å². The topological polar surface area (TPSA) is 94.2 Å². The van der Waals surface area contributed by atoms with Crippen LogP contribution in [0.1, 0.15) is 16.1 Å². The molecule has 0 radical (unpaired) electrons. The van der Waals surface area contributed by atoms with Crippen LogP contribution in [0.25, 0.3) is 5.65 Å². The van der Waals surface area contributed by atoms with Crippen LogP contribution in [0.4, 0.5) is 23.2 Å². The van der Waals surface area contributed by atoms with Crippen LogP contribution < -0.4 is 11.0 Å². The van der Waals surface area contributed by atoms with E-state index in [9.17, 15) is 27.2 Å². The molecular weight excluding hydrogens is 348 g/mol. The van der Waals surface area contributed by atoms with Crippen molar-refractivity contribution in [1.29, 1.82) is 0 Å². The summed E-state index contributed by atoms with van der Waals surface area (Å²) in [6.45, 7) is 0. The highest BCUT2D eigenvalue weighted by Crippen LogP contribution is 2.31. The number of rotatable bonds is 2. The van der Waals surface area contributed by atoms with E-state index in [0.29, 0.717) is 12.1 Å². The summed E-state index contributed by atoms with van der Waals surface area (Å²) in [6.07, 6.45) is -3.76. The fraction of sp³-hybridized carbons (Fsp3) is 0.154. The van der Waals surface area contributed by atoms with Gasteiger partial charge >= 0.3 is 11.9 Å². The van der Waals surface area contributed by atoms with E-state index in [0.717, 1.165) is 21.5 Å². The Balaban J connectivity index is 1.97. The number of hydrogen-bond acceptors (Lipinski definition) is 5. The first kappa shape index (κ1) is 16.5. The summed E-state index contributed by atoms with van der Waals surface area (Å²) < 4.78 is 53.3. The Bertz CT molecular complexity index is 1040. The summed E-state index contributed by atoms with van der Waals surface area (Å²) in [4.78, 5) is 27.7. The van der Waals surface area contributed by atoms with Gasteiger partial charge in [-0.25, -0.2) is 18.6 Å². The average Bonchev–Trinajstić information content (AvgIpc) is 2.94. The van der Waals surface area contributed by atoms with Crippen LogP contribution in [-0.2, 0) is 13.2 Å². The van der Waals surface area contributed by atoms with Gasteiger partial charge in [0.05, 0.1) is 5.56 Å². The minimum atomic E-state index is -4.78. The number of imidazole rings is 1. The third-order valence-corrected chi connectivity index (χ3v) is 3.20. The zero-order chi connectivity index (χ0) is 18.4. The molecule has 0 fully saturated rings. The Kier molecular flexibility index (Phi) is 3.74. The number of alkyl halides is 3. The largest absolute Gasteiger partial charge is 0.416 e. The molecule has 1 N–H and O–H groups in total. The van der Waals surface area contributed by atoms with Gasteiger partial charge in [-0.05, 0) is 18.2 Å². The molecule has 12 heteroatoms. The Labute approximate surface area is 135 Å². The van der Waals surface area contributed by atoms with Crippen LogP contribution in [0.2, 0.25) is 0 Å². The summed E-state index contributed by atoms with van der Waals surface area (Å²) in [5.41, 5.74) is -2.83. The summed E-state index contributed by atoms with van der Waals surface area (Å²) in [7, 11) is 1.33. The molecule has 1 amide bonds. The molecule has 130 valence electrons. The molecule has 3 aromatic rings. The van der Waals surface area contributed by atoms with E-state index in [-0.39, 0.29) is 11.3 Å². The highest BCUT2D eigenvalue weighted by molar-refractivity contribution is 6.06. The molecule has 8 nitrogen and oxygen atoms in total. The van der Waals surface area contributed by atoms with E-state index < -0.39 is 34.8 Å². The van der Waals surface area contributed by atoms with Gasteiger partial charge in [0.2, 0.25) is 0 Å². The summed E-state index contributed by atoms with van der Waals surface area (Å²) in [6, 6.07) is 1.59. The second-order valence-electron chi connectivity index (χ2n) is 4.96. The number of fused-ring (bicyclic) bond motifs is 1. The van der Waals surface area contributed by atoms with Crippen molar-refractivity contribution >= 4 is 17.2 Å². The molecule has 3 rings (SSSR count). The van der Waals surface area contributed by atoms with Gasteiger partial charge in [-0.3, -0.25) is 4.79 Å². The number of aromatic nitrogens is 5. The molecule has 0 aliphatic carbocycles. The van der Waals surface area contributed by atoms with Crippen molar-refractivity contribution in [1.82, 2.24) is 24.4 Å². The van der Waals surface area contributed by atoms with E-state index in [1.54, 1.807) is 0 Å². The van der Waals surface area contributed by atoms with Gasteiger partial charge < -0.3 is 5.32 Å². The van der Waals surface area contributed by atoms with Crippen LogP contribution in [0.5, 0.6) is 0 Å². The number of anilines is 1. The van der Waals surface area contributed by atoms with Crippen molar-refractivity contribution in [2.75, 3.05) is 5.32 Å². The lowest BCUT2D eigenvalue weighted by Gasteiger charge is -2.10. The highest BCUT2D eigenvalue weighted by atomic mass is 19.4. The average molecular weight is 356 g/mol. The molecule has 0 aliphatic rings. The van der Waals surface area contributed by atoms with Gasteiger partial charge in [-0.2, -0.15) is 17.9 Å². The fourth-order valence-corrected chi connectivity index (χ4v) is 2.06. The van der Waals surface area contributed by atoms with E-state index >= 15 is 0 Å². The first-order valence-corrected chi connectivity index (χ1v) is 6.63. The molecule has 2 aromatic heterocycles. The number of aryl methyl sites for hydroxylation is 1. The second kappa shape index (κ2) is 5.65. The maximum atomic E-state index is 13.4. The molecular formula is C13H8F4N6O2. The third kappa shape index (κ3) is 3.05. The summed E-state index contributed by atoms with van der Waals surface area (Å²) >= 11 is 0. The maximum Gasteiger partial charge on any atom is 0.416 e. The molecule has 0 spiro atoms. The zero-order valence-corrected chi connectivity index (χ0v) is 12.4. The van der Waals surface area contributed by atoms with Crippen LogP contribution >= 0.6 is 0 Å². The van der Waals surface area contributed by atoms with Crippen LogP contribution in [0.3, 0.4) is 0 Å². The Morgan fingerprint density at radius 3 is 2.64 bits per heavy atom. The number of benzene rings is 1. The number of amides is 1. The number of halogens is 4. The Hall–Kier alpha value is -3.31. The van der Waals surface area contributed by atoms with Gasteiger partial charge in [0.15, 0.2) is 11.3 Å². The molecule has 0 atom stereocenters. The SMILES string of the molecule is Cn1nnc2c(C(=O)Nc3cc(F)cc(C(F)(F)F)c3)ncn2c1=O. The molecule has 2 heterocycles. The second-order valence-corrected chi connectivity index (χ2v) is 4.96. The number of carbonyl (C=O) groups excluding carboxylic acids is 1. The van der Waals surface area contributed by atoms with Crippen LogP contribution in [0.15, 0.2) is 29.3 Å². The van der Waals surface area contributed by atoms with Crippen molar-refractivity contribution in [3.05, 3.63) is 52.1 Å². The van der Waals surface area contributed by atoms with E-state index in [2.05, 4.69) is 20.6 Å². The Morgan fingerprint density at radius 2 is 1.96 bits per heavy atom. The molecule has 0 unspecified atom stereocenters. The fourth-order valence-electron chi connectivity index (χ4n) is 2.06. The lowest BCUT2D eigenvalue weighted by atomic mass is 10.2. The van der Waals surface area contributed by atoms with Crippen molar-refractivity contribution in [3.8, 4) is 0 Å². The van der Waals surface area contributed by atoms with Gasteiger partial charge in [-0.15, -0.1) is 5.10 Å². The molecule has 0 saturated heterocycles. The van der Waals surface area contributed by atoms with Crippen molar-refractivity contribution in [3.63, 3.8) is 0 Å². The first-order chi connectivity index (χ1) is 11.7. The predicted molar refractivity (Wildman–Crippen MR) is 75.4 cm³/mol. The minimum absolute atomic E-state index is 0.187. The lowest BCUT2D eigenvalue weighted by molar-refractivity contribution is -0.137. The predicted octanol–water partition coefficient (Wildman–Crippen LogP) is 1.23. The number of carbonyl (C=O) groups is 1. The van der Waals surface area contributed by atoms with Crippen molar-refractivity contribution < 1.29 is 22.4 Å². The normalized spacial score (nSPS) is 11.7. The monoisotopic (exact) mass is 356 g/mol. The van der Waals surface area contributed by atoms with Crippen LogP contribution in [-0.4, -0.2) is 30.3 Å². The number of nitrogens with zero attached hydrogens (tertiary/aromatic N) is 5. The van der Waals surface area contributed by atoms with Crippen LogP contribution in [0, 0.1) is 5.82 Å². The van der Waals surface area contributed by atoms with Gasteiger partial charge in [0.25, 0.3) is 5.91 Å². The molecule has 25 heavy (non-hydrogen) atoms. The molecule has 0 bridgehead atoms. The maximum absolute atomic E-state index is 13.4. The van der Waals surface area contributed by atoms with Crippen molar-refractivity contribution in [2.24, 2.45) is 7.05 Å². The van der Waals surface area contributed by atoms with Crippen molar-refractivity contribution in [2.45, 2.75) is 6.18 Å². The summed E-state index contributed by atoms with van der Waals surface area (Å²) in [5.74, 6) is -2.14. The smallest absolute Gasteiger partial charge is 0.320 e. The number of hydrogen-bond donors (Lipinski definition) is 1. The van der Waals surface area contributed by atoms with Gasteiger partial charge in [0.1, 0.15) is 12.1 Å². The molecule has 0 aliphatic heterocycles. The zero-order valence-electron chi connectivity index (χ0n) is 12.4. The standard InChI is InChI=1S/C13H8F4N6O2/c1-22-12(25)23-5-18-9(10(23)20-21-22)11(24)19-8-3-6(13(15,16)17)2-7(14)4-8/h2-5H,1H3,(H,19,24). The van der Waals surface area contributed by atoms with E-state index in [1.807, 2.05) is 0 Å². The molecule has 0 saturated carbocycles. The lowest BCUT2D eigenvalue weighted by Crippen LogP contribution is -2.27. The highest BCUT2D eigenvalue weighted by Gasteiger charge is 2.31. The minimum Gasteiger partial charge on any atom is -0.320 e. The number of nitrogens with one attached hydrogen (secondary N) is 1.